The zero-order valence-electron chi connectivity index (χ0n) is 16.7. The minimum absolute atomic E-state index is 0.133. The Morgan fingerprint density at radius 1 is 0.682 bits per heavy atom. The molecule has 1 unspecified atom stereocenters. The summed E-state index contributed by atoms with van der Waals surface area (Å²) in [7, 11) is 6.52. The van der Waals surface area contributed by atoms with E-state index >= 15 is 0 Å². The molecule has 22 heavy (non-hydrogen) atoms. The van der Waals surface area contributed by atoms with E-state index in [0.717, 1.165) is 17.3 Å². The third-order valence-corrected chi connectivity index (χ3v) is 6.01. The van der Waals surface area contributed by atoms with E-state index < -0.39 is 5.60 Å². The van der Waals surface area contributed by atoms with Gasteiger partial charge in [0.1, 0.15) is 11.1 Å². The molecular weight excluding hydrogens is 270 g/mol. The first-order valence-corrected chi connectivity index (χ1v) is 9.60. The number of hydrogen-bond donors (Lipinski definition) is 1. The van der Waals surface area contributed by atoms with E-state index in [1.54, 1.807) is 0 Å². The molecule has 1 N–H and O–H groups in total. The first kappa shape index (κ1) is 21.9. The third-order valence-electron chi connectivity index (χ3n) is 6.01. The fraction of sp³-hybridized carbons (Fsp3) is 1.00. The van der Waals surface area contributed by atoms with Crippen LogP contribution >= 0.6 is 0 Å². The number of aliphatic hydroxyl groups is 1. The molecular formula is C20H44NO+. The molecule has 0 saturated carbocycles. The first-order chi connectivity index (χ1) is 10.1. The highest BCUT2D eigenvalue weighted by molar-refractivity contribution is 4.91. The van der Waals surface area contributed by atoms with Gasteiger partial charge in [0.15, 0.2) is 0 Å². The van der Waals surface area contributed by atoms with Crippen molar-refractivity contribution in [3.63, 3.8) is 0 Å². The van der Waals surface area contributed by atoms with Gasteiger partial charge in [-0.25, -0.2) is 0 Å². The number of rotatable bonds is 13. The van der Waals surface area contributed by atoms with Crippen LogP contribution in [0.2, 0.25) is 0 Å². The van der Waals surface area contributed by atoms with E-state index in [9.17, 15) is 5.11 Å². The zero-order chi connectivity index (χ0) is 17.3. The van der Waals surface area contributed by atoms with Crippen LogP contribution in [0, 0.1) is 0 Å². The van der Waals surface area contributed by atoms with Gasteiger partial charge in [-0.2, -0.15) is 0 Å². The maximum Gasteiger partial charge on any atom is 0.122 e. The van der Waals surface area contributed by atoms with E-state index in [4.69, 9.17) is 0 Å². The minimum atomic E-state index is -0.606. The normalized spacial score (nSPS) is 15.8. The van der Waals surface area contributed by atoms with E-state index in [2.05, 4.69) is 41.9 Å². The average Bonchev–Trinajstić information content (AvgIpc) is 2.39. The smallest absolute Gasteiger partial charge is 0.122 e. The lowest BCUT2D eigenvalue weighted by molar-refractivity contribution is -0.928. The molecule has 2 nitrogen and oxygen atoms in total. The van der Waals surface area contributed by atoms with Crippen LogP contribution in [0.1, 0.15) is 98.3 Å². The Hall–Kier alpha value is -0.0800. The van der Waals surface area contributed by atoms with Crippen LogP contribution in [-0.2, 0) is 0 Å². The van der Waals surface area contributed by atoms with E-state index in [-0.39, 0.29) is 5.54 Å². The summed E-state index contributed by atoms with van der Waals surface area (Å²) >= 11 is 0. The number of unbranched alkanes of at least 4 members (excludes halogenated alkanes) is 9. The lowest BCUT2D eigenvalue weighted by Gasteiger charge is -2.50. The van der Waals surface area contributed by atoms with Crippen molar-refractivity contribution in [2.75, 3.05) is 21.1 Å². The maximum atomic E-state index is 10.9. The number of likely N-dealkylation sites (N-methyl/N-ethyl adjacent to an activating group) is 1. The van der Waals surface area contributed by atoms with E-state index in [0.29, 0.717) is 0 Å². The molecule has 2 heteroatoms. The Bertz CT molecular complexity index is 276. The molecule has 0 aromatic carbocycles. The third kappa shape index (κ3) is 7.46. The second-order valence-corrected chi connectivity index (χ2v) is 8.78. The lowest BCUT2D eigenvalue weighted by Crippen LogP contribution is -2.65. The summed E-state index contributed by atoms with van der Waals surface area (Å²) in [6.45, 7) is 8.66. The van der Waals surface area contributed by atoms with Crippen molar-refractivity contribution in [1.82, 2.24) is 0 Å². The first-order valence-electron chi connectivity index (χ1n) is 9.60. The monoisotopic (exact) mass is 314 g/mol. The summed E-state index contributed by atoms with van der Waals surface area (Å²) in [6.07, 6.45) is 14.4. The molecule has 0 bridgehead atoms. The Morgan fingerprint density at radius 3 is 1.41 bits per heavy atom. The molecule has 0 saturated heterocycles. The zero-order valence-corrected chi connectivity index (χ0v) is 16.7. The summed E-state index contributed by atoms with van der Waals surface area (Å²) in [5, 5.41) is 10.9. The SMILES string of the molecule is CCCCCCCCCCCCC(C)(O)C(C)(C)[N+](C)(C)C. The number of nitrogens with zero attached hydrogens (tertiary/aromatic N) is 1. The maximum absolute atomic E-state index is 10.9. The Morgan fingerprint density at radius 2 is 1.05 bits per heavy atom. The molecule has 1 atom stereocenters. The van der Waals surface area contributed by atoms with Crippen LogP contribution in [0.3, 0.4) is 0 Å². The summed E-state index contributed by atoms with van der Waals surface area (Å²) in [5.74, 6) is 0. The fourth-order valence-electron chi connectivity index (χ4n) is 2.99. The van der Waals surface area contributed by atoms with E-state index in [1.165, 1.54) is 57.8 Å². The number of hydrogen-bond acceptors (Lipinski definition) is 1. The molecule has 0 aliphatic heterocycles. The summed E-state index contributed by atoms with van der Waals surface area (Å²) < 4.78 is 0.789. The molecule has 0 fully saturated rings. The average molecular weight is 315 g/mol. The van der Waals surface area contributed by atoms with Gasteiger partial charge in [0, 0.05) is 0 Å². The molecule has 134 valence electrons. The minimum Gasteiger partial charge on any atom is -0.384 e. The van der Waals surface area contributed by atoms with Crippen LogP contribution in [0.15, 0.2) is 0 Å². The topological polar surface area (TPSA) is 20.2 Å². The predicted molar refractivity (Wildman–Crippen MR) is 99.2 cm³/mol. The highest BCUT2D eigenvalue weighted by Gasteiger charge is 2.48. The summed E-state index contributed by atoms with van der Waals surface area (Å²) in [4.78, 5) is 0. The molecule has 0 amide bonds. The predicted octanol–water partition coefficient (Wildman–Crippen LogP) is 5.53. The Kier molecular flexibility index (Phi) is 9.89. The van der Waals surface area contributed by atoms with Crippen molar-refractivity contribution >= 4 is 0 Å². The summed E-state index contributed by atoms with van der Waals surface area (Å²) in [5.41, 5.74) is -0.738. The van der Waals surface area contributed by atoms with Crippen LogP contribution in [0.5, 0.6) is 0 Å². The van der Waals surface area contributed by atoms with Crippen molar-refractivity contribution in [3.05, 3.63) is 0 Å². The van der Waals surface area contributed by atoms with Crippen LogP contribution in [0.4, 0.5) is 0 Å². The van der Waals surface area contributed by atoms with Crippen molar-refractivity contribution in [1.29, 1.82) is 0 Å². The van der Waals surface area contributed by atoms with Crippen LogP contribution in [0.25, 0.3) is 0 Å². The van der Waals surface area contributed by atoms with Gasteiger partial charge in [0.25, 0.3) is 0 Å². The molecule has 0 radical (unpaired) electrons. The van der Waals surface area contributed by atoms with Crippen molar-refractivity contribution in [2.45, 2.75) is 109 Å². The van der Waals surface area contributed by atoms with Gasteiger partial charge in [0.05, 0.1) is 21.1 Å². The van der Waals surface area contributed by atoms with Crippen LogP contribution < -0.4 is 0 Å². The second kappa shape index (κ2) is 9.93. The van der Waals surface area contributed by atoms with Gasteiger partial charge >= 0.3 is 0 Å². The molecule has 0 heterocycles. The Labute approximate surface area is 140 Å². The second-order valence-electron chi connectivity index (χ2n) is 8.78. The molecule has 0 aliphatic carbocycles. The van der Waals surface area contributed by atoms with E-state index in [1.807, 2.05) is 6.92 Å². The van der Waals surface area contributed by atoms with Gasteiger partial charge < -0.3 is 9.59 Å². The van der Waals surface area contributed by atoms with Crippen LogP contribution in [-0.4, -0.2) is 41.9 Å². The van der Waals surface area contributed by atoms with Crippen molar-refractivity contribution in [3.8, 4) is 0 Å². The van der Waals surface area contributed by atoms with Gasteiger partial charge in [0.2, 0.25) is 0 Å². The van der Waals surface area contributed by atoms with Gasteiger partial charge in [-0.15, -0.1) is 0 Å². The summed E-state index contributed by atoms with van der Waals surface area (Å²) in [6, 6.07) is 0. The quantitative estimate of drug-likeness (QED) is 0.350. The van der Waals surface area contributed by atoms with Crippen molar-refractivity contribution < 1.29 is 9.59 Å². The highest BCUT2D eigenvalue weighted by atomic mass is 16.3. The molecule has 0 aliphatic rings. The molecule has 0 rings (SSSR count). The number of quaternary nitrogens is 1. The van der Waals surface area contributed by atoms with Crippen molar-refractivity contribution in [2.24, 2.45) is 0 Å². The largest absolute Gasteiger partial charge is 0.384 e. The molecule has 0 aromatic heterocycles. The van der Waals surface area contributed by atoms with Gasteiger partial charge in [-0.3, -0.25) is 0 Å². The molecule has 0 spiro atoms. The lowest BCUT2D eigenvalue weighted by atomic mass is 9.78. The molecule has 0 aromatic rings. The van der Waals surface area contributed by atoms with Gasteiger partial charge in [-0.05, 0) is 27.2 Å². The Balaban J connectivity index is 3.78. The fourth-order valence-corrected chi connectivity index (χ4v) is 2.99. The van der Waals surface area contributed by atoms with Gasteiger partial charge in [-0.1, -0.05) is 71.1 Å². The standard InChI is InChI=1S/C20H44NO/c1-8-9-10-11-12-13-14-15-16-17-18-20(4,22)19(2,3)21(5,6)7/h22H,8-18H2,1-7H3/q+1. The highest BCUT2D eigenvalue weighted by Crippen LogP contribution is 2.34.